The molecule has 3 rings (SSSR count). The van der Waals surface area contributed by atoms with Crippen LogP contribution in [-0.2, 0) is 24.4 Å². The van der Waals surface area contributed by atoms with Crippen LogP contribution >= 0.6 is 0 Å². The molecule has 0 atom stereocenters. The van der Waals surface area contributed by atoms with Crippen molar-refractivity contribution in [1.29, 1.82) is 0 Å². The molecule has 3 aromatic rings. The number of alkyl halides is 3. The van der Waals surface area contributed by atoms with Crippen LogP contribution in [0, 0.1) is 0 Å². The summed E-state index contributed by atoms with van der Waals surface area (Å²) in [7, 11) is 2.84. The van der Waals surface area contributed by atoms with Crippen LogP contribution < -0.4 is 10.9 Å². The number of methoxy groups -OCH3 is 1. The summed E-state index contributed by atoms with van der Waals surface area (Å²) in [4.78, 5) is 28.6. The number of halogens is 3. The van der Waals surface area contributed by atoms with E-state index in [1.807, 2.05) is 24.3 Å². The number of allylic oxidation sites excluding steroid dienone is 1. The summed E-state index contributed by atoms with van der Waals surface area (Å²) >= 11 is 0. The van der Waals surface area contributed by atoms with Gasteiger partial charge in [0.15, 0.2) is 0 Å². The second kappa shape index (κ2) is 13.0. The van der Waals surface area contributed by atoms with Crippen molar-refractivity contribution in [3.8, 4) is 0 Å². The molecule has 0 aliphatic carbocycles. The van der Waals surface area contributed by atoms with E-state index in [-0.39, 0.29) is 36.3 Å². The third-order valence-electron chi connectivity index (χ3n) is 5.79. The van der Waals surface area contributed by atoms with Crippen LogP contribution in [-0.4, -0.2) is 53.3 Å². The van der Waals surface area contributed by atoms with Gasteiger partial charge in [-0.25, -0.2) is 0 Å². The van der Waals surface area contributed by atoms with Crippen molar-refractivity contribution in [3.63, 3.8) is 0 Å². The van der Waals surface area contributed by atoms with Gasteiger partial charge in [-0.3, -0.25) is 19.3 Å². The van der Waals surface area contributed by atoms with E-state index < -0.39 is 17.7 Å². The normalized spacial score (nSPS) is 12.6. The SMILES string of the molecule is CC/C(=C(\C=NC)CNC(=O)c1cn(Cc2ccc(Cn3ccccc3=O)cc2)nc1COC)C(F)(F)F. The van der Waals surface area contributed by atoms with Crippen molar-refractivity contribution >= 4 is 12.1 Å². The highest BCUT2D eigenvalue weighted by molar-refractivity contribution is 5.96. The molecule has 2 heterocycles. The predicted molar refractivity (Wildman–Crippen MR) is 138 cm³/mol. The molecule has 0 bridgehead atoms. The van der Waals surface area contributed by atoms with Crippen LogP contribution in [0.3, 0.4) is 0 Å². The number of ether oxygens (including phenoxy) is 1. The Morgan fingerprint density at radius 3 is 2.39 bits per heavy atom. The lowest BCUT2D eigenvalue weighted by molar-refractivity contribution is -0.0941. The topological polar surface area (TPSA) is 90.5 Å². The fraction of sp³-hybridized carbons (Fsp3) is 0.333. The number of nitrogens with zero attached hydrogens (tertiary/aromatic N) is 4. The van der Waals surface area contributed by atoms with Crippen molar-refractivity contribution in [2.24, 2.45) is 4.99 Å². The molecule has 8 nitrogen and oxygen atoms in total. The summed E-state index contributed by atoms with van der Waals surface area (Å²) in [5, 5.41) is 7.00. The van der Waals surface area contributed by atoms with Gasteiger partial charge in [0.05, 0.1) is 25.3 Å². The second-order valence-corrected chi connectivity index (χ2v) is 8.53. The number of hydrogen-bond acceptors (Lipinski definition) is 5. The monoisotopic (exact) mass is 529 g/mol. The van der Waals surface area contributed by atoms with E-state index in [1.54, 1.807) is 33.8 Å². The van der Waals surface area contributed by atoms with Gasteiger partial charge in [-0.2, -0.15) is 18.3 Å². The molecule has 0 aliphatic rings. The van der Waals surface area contributed by atoms with Gasteiger partial charge in [-0.1, -0.05) is 37.3 Å². The number of amides is 1. The minimum absolute atomic E-state index is 0.0579. The van der Waals surface area contributed by atoms with E-state index in [9.17, 15) is 22.8 Å². The van der Waals surface area contributed by atoms with E-state index >= 15 is 0 Å². The number of carbonyl (C=O) groups is 1. The quantitative estimate of drug-likeness (QED) is 0.381. The second-order valence-electron chi connectivity index (χ2n) is 8.53. The van der Waals surface area contributed by atoms with Crippen LogP contribution in [0.1, 0.15) is 40.5 Å². The maximum Gasteiger partial charge on any atom is 0.413 e. The maximum absolute atomic E-state index is 13.4. The van der Waals surface area contributed by atoms with Crippen LogP contribution in [0.25, 0.3) is 0 Å². The number of rotatable bonds is 11. The molecule has 0 saturated heterocycles. The Labute approximate surface area is 218 Å². The van der Waals surface area contributed by atoms with Crippen LogP contribution in [0.4, 0.5) is 13.2 Å². The number of benzene rings is 1. The number of hydrogen-bond donors (Lipinski definition) is 1. The summed E-state index contributed by atoms with van der Waals surface area (Å²) < 4.78 is 48.5. The fourth-order valence-electron chi connectivity index (χ4n) is 3.97. The standard InChI is InChI=1S/C27H30F3N5O3/c1-4-23(27(28,29)30)21(13-31-2)14-32-26(37)22-17-35(33-24(22)18-38-3)16-20-10-8-19(9-11-20)15-34-12-6-5-7-25(34)36/h5-13,17H,4,14-16,18H2,1-3H3,(H,32,37)/b23-21-,31-13?. The molecule has 1 amide bonds. The molecule has 1 aromatic carbocycles. The lowest BCUT2D eigenvalue weighted by Gasteiger charge is -2.15. The van der Waals surface area contributed by atoms with Crippen molar-refractivity contribution < 1.29 is 22.7 Å². The molecule has 0 fully saturated rings. The third kappa shape index (κ3) is 7.51. The Morgan fingerprint density at radius 1 is 1.13 bits per heavy atom. The lowest BCUT2D eigenvalue weighted by atomic mass is 10.1. The molecule has 38 heavy (non-hydrogen) atoms. The molecule has 0 saturated carbocycles. The van der Waals surface area contributed by atoms with Crippen molar-refractivity contribution in [3.05, 3.63) is 98.7 Å². The summed E-state index contributed by atoms with van der Waals surface area (Å²) in [6.07, 6.45) is -0.375. The first-order valence-electron chi connectivity index (χ1n) is 11.9. The molecule has 0 radical (unpaired) electrons. The van der Waals surface area contributed by atoms with Crippen molar-refractivity contribution in [2.45, 2.75) is 39.2 Å². The highest BCUT2D eigenvalue weighted by atomic mass is 19.4. The number of pyridine rings is 1. The Morgan fingerprint density at radius 2 is 1.82 bits per heavy atom. The Bertz CT molecular complexity index is 1360. The minimum Gasteiger partial charge on any atom is -0.378 e. The van der Waals surface area contributed by atoms with Gasteiger partial charge in [0.25, 0.3) is 11.5 Å². The molecule has 0 aliphatic heterocycles. The van der Waals surface area contributed by atoms with E-state index in [4.69, 9.17) is 4.74 Å². The Kier molecular flexibility index (Phi) is 9.78. The summed E-state index contributed by atoms with van der Waals surface area (Å²) in [6.45, 7) is 1.93. The number of nitrogens with one attached hydrogen (secondary N) is 1. The zero-order chi connectivity index (χ0) is 27.7. The first-order chi connectivity index (χ1) is 18.2. The van der Waals surface area contributed by atoms with Gasteiger partial charge in [0.2, 0.25) is 0 Å². The Hall–Kier alpha value is -3.99. The van der Waals surface area contributed by atoms with Crippen LogP contribution in [0.2, 0.25) is 0 Å². The number of aliphatic imine (C=N–C) groups is 1. The largest absolute Gasteiger partial charge is 0.413 e. The molecule has 11 heteroatoms. The third-order valence-corrected chi connectivity index (χ3v) is 5.79. The minimum atomic E-state index is -4.52. The highest BCUT2D eigenvalue weighted by Crippen LogP contribution is 2.30. The van der Waals surface area contributed by atoms with Crippen LogP contribution in [0.5, 0.6) is 0 Å². The van der Waals surface area contributed by atoms with Crippen LogP contribution in [0.15, 0.2) is 75.8 Å². The van der Waals surface area contributed by atoms with E-state index in [2.05, 4.69) is 15.4 Å². The molecule has 1 N–H and O–H groups in total. The molecular weight excluding hydrogens is 499 g/mol. The predicted octanol–water partition coefficient (Wildman–Crippen LogP) is 3.99. The first kappa shape index (κ1) is 28.6. The first-order valence-corrected chi connectivity index (χ1v) is 11.9. The molecular formula is C27H30F3N5O3. The van der Waals surface area contributed by atoms with Gasteiger partial charge in [-0.15, -0.1) is 0 Å². The molecule has 0 unspecified atom stereocenters. The smallest absolute Gasteiger partial charge is 0.378 e. The molecule has 202 valence electrons. The zero-order valence-electron chi connectivity index (χ0n) is 21.5. The molecule has 2 aromatic heterocycles. The number of carbonyl (C=O) groups excluding carboxylic acids is 1. The molecule has 0 spiro atoms. The van der Waals surface area contributed by atoms with Crippen molar-refractivity contribution in [2.75, 3.05) is 20.7 Å². The van der Waals surface area contributed by atoms with Gasteiger partial charge in [-0.05, 0) is 29.2 Å². The average Bonchev–Trinajstić information content (AvgIpc) is 3.27. The zero-order valence-corrected chi connectivity index (χ0v) is 21.5. The Balaban J connectivity index is 1.75. The lowest BCUT2D eigenvalue weighted by Crippen LogP contribution is -2.29. The summed E-state index contributed by atoms with van der Waals surface area (Å²) in [5.41, 5.74) is 1.52. The van der Waals surface area contributed by atoms with Crippen molar-refractivity contribution in [1.82, 2.24) is 19.7 Å². The van der Waals surface area contributed by atoms with Gasteiger partial charge in [0.1, 0.15) is 5.69 Å². The van der Waals surface area contributed by atoms with Gasteiger partial charge < -0.3 is 14.6 Å². The number of aromatic nitrogens is 3. The maximum atomic E-state index is 13.4. The summed E-state index contributed by atoms with van der Waals surface area (Å²) in [5.74, 6) is -0.563. The van der Waals surface area contributed by atoms with E-state index in [0.29, 0.717) is 18.8 Å². The average molecular weight is 530 g/mol. The van der Waals surface area contributed by atoms with Gasteiger partial charge in [0, 0.05) is 50.9 Å². The van der Waals surface area contributed by atoms with E-state index in [1.165, 1.54) is 27.1 Å². The highest BCUT2D eigenvalue weighted by Gasteiger charge is 2.34. The fourth-order valence-corrected chi connectivity index (χ4v) is 3.97. The van der Waals surface area contributed by atoms with E-state index in [0.717, 1.165) is 17.3 Å². The summed E-state index contributed by atoms with van der Waals surface area (Å²) in [6, 6.07) is 12.6. The van der Waals surface area contributed by atoms with Gasteiger partial charge >= 0.3 is 6.18 Å².